The van der Waals surface area contributed by atoms with Crippen molar-refractivity contribution < 1.29 is 4.79 Å². The third kappa shape index (κ3) is 3.27. The van der Waals surface area contributed by atoms with Gasteiger partial charge in [-0.05, 0) is 26.1 Å². The summed E-state index contributed by atoms with van der Waals surface area (Å²) in [7, 11) is 0. The largest absolute Gasteiger partial charge is 0.352 e. The van der Waals surface area contributed by atoms with Crippen molar-refractivity contribution in [1.82, 2.24) is 19.4 Å². The maximum absolute atomic E-state index is 12.4. The van der Waals surface area contributed by atoms with Gasteiger partial charge in [0.1, 0.15) is 17.6 Å². The highest BCUT2D eigenvalue weighted by atomic mass is 32.1. The van der Waals surface area contributed by atoms with Gasteiger partial charge in [-0.2, -0.15) is 0 Å². The van der Waals surface area contributed by atoms with Gasteiger partial charge in [-0.25, -0.2) is 4.98 Å². The predicted molar refractivity (Wildman–Crippen MR) is 86.2 cm³/mol. The van der Waals surface area contributed by atoms with Gasteiger partial charge in [-0.3, -0.25) is 14.2 Å². The van der Waals surface area contributed by atoms with Gasteiger partial charge in [0.25, 0.3) is 5.56 Å². The Bertz CT molecular complexity index is 801. The van der Waals surface area contributed by atoms with Gasteiger partial charge in [0, 0.05) is 12.6 Å². The lowest BCUT2D eigenvalue weighted by Gasteiger charge is -2.09. The Morgan fingerprint density at radius 2 is 2.33 bits per heavy atom. The summed E-state index contributed by atoms with van der Waals surface area (Å²) in [5.74, 6) is -0.220. The topological polar surface area (TPSA) is 68.9 Å². The molecule has 1 amide bonds. The molecule has 0 aliphatic rings. The third-order valence-corrected chi connectivity index (χ3v) is 4.15. The van der Waals surface area contributed by atoms with Crippen LogP contribution in [0.3, 0.4) is 0 Å². The van der Waals surface area contributed by atoms with Gasteiger partial charge in [0.05, 0.1) is 0 Å². The number of carbonyl (C=O) groups is 1. The zero-order valence-corrected chi connectivity index (χ0v) is 13.5. The fraction of sp³-hybridized carbons (Fsp3) is 0.385. The first kappa shape index (κ1) is 15.6. The lowest BCUT2D eigenvalue weighted by atomic mass is 10.4. The Kier molecular flexibility index (Phi) is 4.69. The van der Waals surface area contributed by atoms with E-state index in [1.165, 1.54) is 22.2 Å². The number of carbonyl (C=O) groups excluding carboxylic acids is 1. The monoisotopic (exact) mass is 324 g/mol. The van der Waals surface area contributed by atoms with Crippen LogP contribution < -0.4 is 10.9 Å². The molecule has 0 unspecified atom stereocenters. The molecule has 21 heavy (non-hydrogen) atoms. The second-order valence-corrected chi connectivity index (χ2v) is 6.46. The first-order valence-electron chi connectivity index (χ1n) is 6.43. The van der Waals surface area contributed by atoms with Crippen molar-refractivity contribution in [2.75, 3.05) is 0 Å². The number of fused-ring (bicyclic) bond motifs is 1. The Morgan fingerprint density at radius 3 is 2.95 bits per heavy atom. The Hall–Kier alpha value is -1.80. The Morgan fingerprint density at radius 1 is 1.62 bits per heavy atom. The number of nitrogens with one attached hydrogen (secondary N) is 1. The number of amides is 1. The molecule has 0 aliphatic heterocycles. The van der Waals surface area contributed by atoms with Crippen molar-refractivity contribution in [3.63, 3.8) is 0 Å². The summed E-state index contributed by atoms with van der Waals surface area (Å²) in [5, 5.41) is 2.74. The van der Waals surface area contributed by atoms with Gasteiger partial charge in [0.2, 0.25) is 5.91 Å². The van der Waals surface area contributed by atoms with Gasteiger partial charge < -0.3 is 9.88 Å². The van der Waals surface area contributed by atoms with Crippen molar-refractivity contribution in [2.45, 2.75) is 33.0 Å². The van der Waals surface area contributed by atoms with E-state index in [0.717, 1.165) is 0 Å². The molecule has 2 rings (SSSR count). The van der Waals surface area contributed by atoms with E-state index in [1.54, 1.807) is 10.6 Å². The molecule has 8 heteroatoms. The maximum Gasteiger partial charge on any atom is 0.273 e. The molecule has 2 heterocycles. The average molecular weight is 324 g/mol. The van der Waals surface area contributed by atoms with Crippen LogP contribution in [-0.4, -0.2) is 26.1 Å². The molecule has 0 aromatic carbocycles. The summed E-state index contributed by atoms with van der Waals surface area (Å²) in [4.78, 5) is 28.4. The minimum absolute atomic E-state index is 0.0284. The molecule has 2 aromatic heterocycles. The fourth-order valence-corrected chi connectivity index (χ4v) is 3.21. The van der Waals surface area contributed by atoms with Gasteiger partial charge in [-0.1, -0.05) is 17.4 Å². The number of hydrogen-bond donors (Lipinski definition) is 1. The number of hydrogen-bond acceptors (Lipinski definition) is 5. The van der Waals surface area contributed by atoms with E-state index >= 15 is 0 Å². The first-order chi connectivity index (χ1) is 9.93. The summed E-state index contributed by atoms with van der Waals surface area (Å²) in [6.07, 6.45) is 3.08. The molecular weight excluding hydrogens is 308 g/mol. The molecule has 112 valence electrons. The van der Waals surface area contributed by atoms with E-state index in [1.807, 2.05) is 13.8 Å². The normalized spacial score (nSPS) is 11.0. The fourth-order valence-electron chi connectivity index (χ4n) is 1.90. The summed E-state index contributed by atoms with van der Waals surface area (Å²) in [5.41, 5.74) is 0.285. The molecule has 1 N–H and O–H groups in total. The Labute approximate surface area is 130 Å². The Balaban J connectivity index is 2.43. The van der Waals surface area contributed by atoms with E-state index in [9.17, 15) is 9.59 Å². The van der Waals surface area contributed by atoms with Crippen LogP contribution in [0.2, 0.25) is 0 Å². The molecule has 0 saturated carbocycles. The highest BCUT2D eigenvalue weighted by Crippen LogP contribution is 2.17. The van der Waals surface area contributed by atoms with Crippen LogP contribution in [0.25, 0.3) is 10.3 Å². The highest BCUT2D eigenvalue weighted by Gasteiger charge is 2.13. The van der Waals surface area contributed by atoms with E-state index in [0.29, 0.717) is 20.8 Å². The third-order valence-electron chi connectivity index (χ3n) is 2.72. The van der Waals surface area contributed by atoms with Crippen LogP contribution in [0.5, 0.6) is 0 Å². The van der Waals surface area contributed by atoms with E-state index in [-0.39, 0.29) is 24.1 Å². The summed E-state index contributed by atoms with van der Waals surface area (Å²) >= 11 is 6.44. The second kappa shape index (κ2) is 6.31. The number of allylic oxidation sites excluding steroid dienone is 1. The van der Waals surface area contributed by atoms with Crippen LogP contribution in [0.4, 0.5) is 0 Å². The zero-order chi connectivity index (χ0) is 15.6. The molecule has 2 aromatic rings. The zero-order valence-electron chi connectivity index (χ0n) is 11.8. The minimum Gasteiger partial charge on any atom is -0.352 e. The molecule has 0 spiro atoms. The van der Waals surface area contributed by atoms with E-state index in [2.05, 4.69) is 16.9 Å². The van der Waals surface area contributed by atoms with Crippen molar-refractivity contribution in [1.29, 1.82) is 0 Å². The predicted octanol–water partition coefficient (Wildman–Crippen LogP) is 1.70. The summed E-state index contributed by atoms with van der Waals surface area (Å²) in [6, 6.07) is 0.0284. The molecule has 0 aliphatic carbocycles. The average Bonchev–Trinajstić information content (AvgIpc) is 2.70. The lowest BCUT2D eigenvalue weighted by molar-refractivity contribution is -0.122. The molecule has 0 bridgehead atoms. The standard InChI is InChI=1S/C13H16N4O2S2/c1-4-5-17-11-10(21-13(17)20)12(19)16(7-14-11)6-9(18)15-8(2)3/h4,7-8H,1,5-6H2,2-3H3,(H,15,18). The molecule has 0 atom stereocenters. The van der Waals surface area contributed by atoms with E-state index < -0.39 is 0 Å². The van der Waals surface area contributed by atoms with Crippen molar-refractivity contribution in [3.05, 3.63) is 33.3 Å². The van der Waals surface area contributed by atoms with Gasteiger partial charge in [0.15, 0.2) is 9.60 Å². The number of aromatic nitrogens is 3. The number of thiazole rings is 1. The van der Waals surface area contributed by atoms with Gasteiger partial charge in [-0.15, -0.1) is 6.58 Å². The smallest absolute Gasteiger partial charge is 0.273 e. The number of nitrogens with zero attached hydrogens (tertiary/aromatic N) is 3. The SMILES string of the molecule is C=CCn1c(=S)sc2c(=O)n(CC(=O)NC(C)C)cnc21. The molecule has 0 fully saturated rings. The van der Waals surface area contributed by atoms with Gasteiger partial charge >= 0.3 is 0 Å². The highest BCUT2D eigenvalue weighted by molar-refractivity contribution is 7.73. The minimum atomic E-state index is -0.252. The summed E-state index contributed by atoms with van der Waals surface area (Å²) < 4.78 is 4.08. The molecule has 0 saturated heterocycles. The van der Waals surface area contributed by atoms with Crippen LogP contribution in [-0.2, 0) is 17.9 Å². The molecule has 6 nitrogen and oxygen atoms in total. The second-order valence-electron chi connectivity index (χ2n) is 4.82. The van der Waals surface area contributed by atoms with Crippen molar-refractivity contribution in [3.8, 4) is 0 Å². The number of rotatable bonds is 5. The van der Waals surface area contributed by atoms with Crippen LogP contribution in [0.15, 0.2) is 23.8 Å². The lowest BCUT2D eigenvalue weighted by Crippen LogP contribution is -2.36. The van der Waals surface area contributed by atoms with Crippen LogP contribution in [0, 0.1) is 3.95 Å². The quantitative estimate of drug-likeness (QED) is 0.671. The van der Waals surface area contributed by atoms with E-state index in [4.69, 9.17) is 12.2 Å². The molecule has 0 radical (unpaired) electrons. The van der Waals surface area contributed by atoms with Crippen LogP contribution in [0.1, 0.15) is 13.8 Å². The molecular formula is C13H16N4O2S2. The summed E-state index contributed by atoms with van der Waals surface area (Å²) in [6.45, 7) is 7.85. The first-order valence-corrected chi connectivity index (χ1v) is 7.65. The van der Waals surface area contributed by atoms with Crippen molar-refractivity contribution >= 4 is 39.8 Å². The van der Waals surface area contributed by atoms with Crippen LogP contribution >= 0.6 is 23.6 Å². The van der Waals surface area contributed by atoms with Crippen molar-refractivity contribution in [2.24, 2.45) is 0 Å². The maximum atomic E-state index is 12.4.